The van der Waals surface area contributed by atoms with Gasteiger partial charge < -0.3 is 5.11 Å². The van der Waals surface area contributed by atoms with E-state index in [-0.39, 0.29) is 0 Å². The molecule has 0 heterocycles. The Hall–Kier alpha value is -0.470. The van der Waals surface area contributed by atoms with Crippen LogP contribution in [0.2, 0.25) is 0 Å². The highest BCUT2D eigenvalue weighted by Crippen LogP contribution is 2.05. The fourth-order valence-electron chi connectivity index (χ4n) is 1.09. The molecule has 0 aliphatic carbocycles. The van der Waals surface area contributed by atoms with Gasteiger partial charge in [-0.25, -0.2) is 0 Å². The van der Waals surface area contributed by atoms with Crippen molar-refractivity contribution in [2.24, 2.45) is 0 Å². The average molecular weight is 183 g/mol. The van der Waals surface area contributed by atoms with E-state index < -0.39 is 0 Å². The van der Waals surface area contributed by atoms with Crippen LogP contribution in [0.5, 0.6) is 0 Å². The number of aliphatic hydroxyl groups is 1. The zero-order valence-electron chi connectivity index (χ0n) is 7.36. The summed E-state index contributed by atoms with van der Waals surface area (Å²) < 4.78 is 0. The Bertz CT molecular complexity index is 210. The predicted octanol–water partition coefficient (Wildman–Crippen LogP) is 1.43. The maximum Gasteiger partial charge on any atom is 0.133 e. The van der Waals surface area contributed by atoms with Crippen LogP contribution in [-0.4, -0.2) is 23.7 Å². The van der Waals surface area contributed by atoms with Gasteiger partial charge >= 0.3 is 0 Å². The number of aliphatic hydroxyl groups excluding tert-OH is 1. The normalized spacial score (nSPS) is 12.8. The molecule has 1 aromatic rings. The summed E-state index contributed by atoms with van der Waals surface area (Å²) in [6.07, 6.45) is 2.20. The molecule has 1 nitrogen and oxygen atoms in total. The SMILES string of the molecule is C[S+](CCO)Cc1ccccc1. The first-order valence-electron chi connectivity index (χ1n) is 4.07. The van der Waals surface area contributed by atoms with Crippen LogP contribution in [0.25, 0.3) is 0 Å². The standard InChI is InChI=1S/C10H15OS/c1-12(8-7-11)9-10-5-3-2-4-6-10/h2-6,11H,7-9H2,1H3/q+1. The Morgan fingerprint density at radius 3 is 2.50 bits per heavy atom. The third-order valence-electron chi connectivity index (χ3n) is 1.70. The van der Waals surface area contributed by atoms with Crippen LogP contribution in [0, 0.1) is 0 Å². The summed E-state index contributed by atoms with van der Waals surface area (Å²) in [5, 5.41) is 8.72. The molecule has 0 aliphatic rings. The van der Waals surface area contributed by atoms with Gasteiger partial charge in [0, 0.05) is 5.56 Å². The van der Waals surface area contributed by atoms with Crippen molar-refractivity contribution >= 4 is 10.9 Å². The van der Waals surface area contributed by atoms with Crippen LogP contribution in [0.15, 0.2) is 30.3 Å². The lowest BCUT2D eigenvalue weighted by molar-refractivity contribution is 0.322. The summed E-state index contributed by atoms with van der Waals surface area (Å²) in [4.78, 5) is 0. The molecule has 1 rings (SSSR count). The molecule has 0 saturated heterocycles. The first kappa shape index (κ1) is 9.62. The molecule has 12 heavy (non-hydrogen) atoms. The molecule has 1 N–H and O–H groups in total. The van der Waals surface area contributed by atoms with Gasteiger partial charge in [-0.05, 0) is 10.9 Å². The van der Waals surface area contributed by atoms with Crippen LogP contribution in [0.4, 0.5) is 0 Å². The smallest absolute Gasteiger partial charge is 0.133 e. The van der Waals surface area contributed by atoms with Crippen molar-refractivity contribution in [3.8, 4) is 0 Å². The lowest BCUT2D eigenvalue weighted by atomic mass is 10.2. The average Bonchev–Trinajstić information content (AvgIpc) is 2.06. The van der Waals surface area contributed by atoms with E-state index in [1.54, 1.807) is 0 Å². The van der Waals surface area contributed by atoms with E-state index in [0.717, 1.165) is 11.5 Å². The van der Waals surface area contributed by atoms with Crippen LogP contribution in [0.1, 0.15) is 5.56 Å². The van der Waals surface area contributed by atoms with Crippen molar-refractivity contribution in [1.29, 1.82) is 0 Å². The molecule has 2 heteroatoms. The maximum atomic E-state index is 8.72. The van der Waals surface area contributed by atoms with E-state index in [1.807, 2.05) is 6.07 Å². The largest absolute Gasteiger partial charge is 0.391 e. The molecular weight excluding hydrogens is 168 g/mol. The van der Waals surface area contributed by atoms with Crippen LogP contribution in [-0.2, 0) is 16.6 Å². The molecule has 0 aromatic heterocycles. The summed E-state index contributed by atoms with van der Waals surface area (Å²) in [5.41, 5.74) is 1.37. The Morgan fingerprint density at radius 1 is 1.25 bits per heavy atom. The number of hydrogen-bond donors (Lipinski definition) is 1. The summed E-state index contributed by atoms with van der Waals surface area (Å²) in [7, 11) is 0.329. The fraction of sp³-hybridized carbons (Fsp3) is 0.400. The fourth-order valence-corrected chi connectivity index (χ4v) is 2.30. The first-order chi connectivity index (χ1) is 5.83. The number of rotatable bonds is 4. The Balaban J connectivity index is 2.41. The molecule has 1 unspecified atom stereocenters. The highest BCUT2D eigenvalue weighted by molar-refractivity contribution is 7.95. The molecular formula is C10H15OS+. The van der Waals surface area contributed by atoms with E-state index >= 15 is 0 Å². The van der Waals surface area contributed by atoms with Gasteiger partial charge in [0.15, 0.2) is 0 Å². The molecule has 0 spiro atoms. The van der Waals surface area contributed by atoms with Crippen molar-refractivity contribution in [2.45, 2.75) is 5.75 Å². The highest BCUT2D eigenvalue weighted by Gasteiger charge is 2.09. The summed E-state index contributed by atoms with van der Waals surface area (Å²) >= 11 is 0. The Labute approximate surface area is 76.8 Å². The minimum absolute atomic E-state index is 0.312. The Kier molecular flexibility index (Phi) is 4.19. The van der Waals surface area contributed by atoms with Crippen LogP contribution >= 0.6 is 0 Å². The molecule has 0 radical (unpaired) electrons. The molecule has 0 aliphatic heterocycles. The number of benzene rings is 1. The lowest BCUT2D eigenvalue weighted by Gasteiger charge is -2.00. The second kappa shape index (κ2) is 5.22. The summed E-state index contributed by atoms with van der Waals surface area (Å²) in [6, 6.07) is 10.4. The van der Waals surface area contributed by atoms with Gasteiger partial charge in [0.2, 0.25) is 0 Å². The molecule has 1 aromatic carbocycles. The van der Waals surface area contributed by atoms with Gasteiger partial charge in [-0.1, -0.05) is 30.3 Å². The minimum atomic E-state index is 0.312. The van der Waals surface area contributed by atoms with Crippen molar-refractivity contribution < 1.29 is 5.11 Å². The van der Waals surface area contributed by atoms with Gasteiger partial charge in [0.1, 0.15) is 11.5 Å². The van der Waals surface area contributed by atoms with Gasteiger partial charge in [-0.2, -0.15) is 0 Å². The van der Waals surface area contributed by atoms with Crippen LogP contribution < -0.4 is 0 Å². The zero-order chi connectivity index (χ0) is 8.81. The van der Waals surface area contributed by atoms with Crippen molar-refractivity contribution in [1.82, 2.24) is 0 Å². The quantitative estimate of drug-likeness (QED) is 0.700. The van der Waals surface area contributed by atoms with Gasteiger partial charge in [-0.3, -0.25) is 0 Å². The molecule has 1 atom stereocenters. The Morgan fingerprint density at radius 2 is 1.92 bits per heavy atom. The van der Waals surface area contributed by atoms with Gasteiger partial charge in [-0.15, -0.1) is 0 Å². The summed E-state index contributed by atoms with van der Waals surface area (Å²) in [5.74, 6) is 2.02. The van der Waals surface area contributed by atoms with E-state index in [2.05, 4.69) is 30.5 Å². The predicted molar refractivity (Wildman–Crippen MR) is 55.4 cm³/mol. The monoisotopic (exact) mass is 183 g/mol. The van der Waals surface area contributed by atoms with Crippen LogP contribution in [0.3, 0.4) is 0 Å². The van der Waals surface area contributed by atoms with E-state index in [4.69, 9.17) is 5.11 Å². The van der Waals surface area contributed by atoms with Gasteiger partial charge in [0.05, 0.1) is 12.9 Å². The molecule has 0 saturated carbocycles. The molecule has 66 valence electrons. The van der Waals surface area contributed by atoms with E-state index in [9.17, 15) is 0 Å². The minimum Gasteiger partial charge on any atom is -0.391 e. The number of hydrogen-bond acceptors (Lipinski definition) is 1. The highest BCUT2D eigenvalue weighted by atomic mass is 32.2. The third-order valence-corrected chi connectivity index (χ3v) is 3.40. The molecule has 0 amide bonds. The second-order valence-electron chi connectivity index (χ2n) is 2.84. The summed E-state index contributed by atoms with van der Waals surface area (Å²) in [6.45, 7) is 0.312. The lowest BCUT2D eigenvalue weighted by Crippen LogP contribution is -2.10. The van der Waals surface area contributed by atoms with Gasteiger partial charge in [0.25, 0.3) is 0 Å². The van der Waals surface area contributed by atoms with Crippen molar-refractivity contribution in [2.75, 3.05) is 18.6 Å². The molecule has 0 fully saturated rings. The zero-order valence-corrected chi connectivity index (χ0v) is 8.18. The van der Waals surface area contributed by atoms with E-state index in [0.29, 0.717) is 17.5 Å². The van der Waals surface area contributed by atoms with E-state index in [1.165, 1.54) is 5.56 Å². The molecule has 0 bridgehead atoms. The first-order valence-corrected chi connectivity index (χ1v) is 6.04. The maximum absolute atomic E-state index is 8.72. The topological polar surface area (TPSA) is 20.2 Å². The van der Waals surface area contributed by atoms with Crippen molar-refractivity contribution in [3.63, 3.8) is 0 Å². The van der Waals surface area contributed by atoms with Crippen molar-refractivity contribution in [3.05, 3.63) is 35.9 Å². The third kappa shape index (κ3) is 3.28. The second-order valence-corrected chi connectivity index (χ2v) is 5.10.